The van der Waals surface area contributed by atoms with E-state index in [-0.39, 0.29) is 18.2 Å². The number of hydrogen-bond donors (Lipinski definition) is 1. The van der Waals surface area contributed by atoms with Crippen LogP contribution in [-0.4, -0.2) is 44.0 Å². The van der Waals surface area contributed by atoms with Crippen molar-refractivity contribution in [3.63, 3.8) is 0 Å². The number of hydrogen-bond acceptors (Lipinski definition) is 3. The minimum Gasteiger partial charge on any atom is -0.348 e. The Labute approximate surface area is 122 Å². The number of nitrogens with zero attached hydrogens (tertiary/aromatic N) is 1. The van der Waals surface area contributed by atoms with Gasteiger partial charge in [-0.25, -0.2) is 21.5 Å². The van der Waals surface area contributed by atoms with Gasteiger partial charge in [0.25, 0.3) is 5.91 Å². The number of rotatable bonds is 3. The summed E-state index contributed by atoms with van der Waals surface area (Å²) in [6, 6.07) is 2.32. The minimum absolute atomic E-state index is 0.160. The van der Waals surface area contributed by atoms with Crippen molar-refractivity contribution < 1.29 is 22.0 Å². The highest BCUT2D eigenvalue weighted by atomic mass is 32.2. The van der Waals surface area contributed by atoms with E-state index in [0.29, 0.717) is 25.5 Å². The van der Waals surface area contributed by atoms with Gasteiger partial charge in [0, 0.05) is 25.2 Å². The summed E-state index contributed by atoms with van der Waals surface area (Å²) in [7, 11) is -3.31. The number of piperidine rings is 1. The van der Waals surface area contributed by atoms with Gasteiger partial charge in [-0.2, -0.15) is 0 Å². The third kappa shape index (κ3) is 3.98. The zero-order valence-electron chi connectivity index (χ0n) is 11.5. The van der Waals surface area contributed by atoms with Crippen LogP contribution in [0.5, 0.6) is 0 Å². The number of carbonyl (C=O) groups is 1. The molecule has 0 bridgehead atoms. The van der Waals surface area contributed by atoms with Crippen LogP contribution in [0, 0.1) is 11.6 Å². The molecule has 1 aliphatic rings. The van der Waals surface area contributed by atoms with Gasteiger partial charge in [0.05, 0.1) is 11.8 Å². The Balaban J connectivity index is 2.05. The first-order valence-electron chi connectivity index (χ1n) is 6.48. The van der Waals surface area contributed by atoms with E-state index in [1.165, 1.54) is 4.31 Å². The summed E-state index contributed by atoms with van der Waals surface area (Å²) >= 11 is 0. The first kappa shape index (κ1) is 15.8. The molecule has 8 heteroatoms. The Bertz CT molecular complexity index is 649. The van der Waals surface area contributed by atoms with Crippen molar-refractivity contribution in [2.45, 2.75) is 18.9 Å². The van der Waals surface area contributed by atoms with E-state index in [0.717, 1.165) is 18.4 Å². The van der Waals surface area contributed by atoms with Crippen LogP contribution in [0.3, 0.4) is 0 Å². The lowest BCUT2D eigenvalue weighted by molar-refractivity contribution is 0.0917. The molecular formula is C13H16F2N2O3S. The Kier molecular flexibility index (Phi) is 4.58. The third-order valence-electron chi connectivity index (χ3n) is 3.36. The summed E-state index contributed by atoms with van der Waals surface area (Å²) in [6.07, 6.45) is 2.33. The first-order valence-corrected chi connectivity index (χ1v) is 8.33. The van der Waals surface area contributed by atoms with Crippen LogP contribution in [-0.2, 0) is 10.0 Å². The fourth-order valence-corrected chi connectivity index (χ4v) is 3.21. The number of amides is 1. The molecule has 1 atom stereocenters. The Hall–Kier alpha value is -1.54. The number of nitrogens with one attached hydrogen (secondary N) is 1. The van der Waals surface area contributed by atoms with Crippen molar-refractivity contribution >= 4 is 15.9 Å². The van der Waals surface area contributed by atoms with Gasteiger partial charge >= 0.3 is 0 Å². The third-order valence-corrected chi connectivity index (χ3v) is 4.63. The van der Waals surface area contributed by atoms with Crippen LogP contribution in [0.4, 0.5) is 8.78 Å². The zero-order valence-corrected chi connectivity index (χ0v) is 12.3. The molecule has 1 N–H and O–H groups in total. The predicted molar refractivity (Wildman–Crippen MR) is 73.3 cm³/mol. The standard InChI is InChI=1S/C13H16F2N2O3S/c1-21(19,20)17-6-2-3-10(8-17)16-13(18)11-5-4-9(14)7-12(11)15/h4-5,7,10H,2-3,6,8H2,1H3,(H,16,18). The van der Waals surface area contributed by atoms with Gasteiger partial charge in [-0.05, 0) is 25.0 Å². The van der Waals surface area contributed by atoms with Gasteiger partial charge in [0.15, 0.2) is 0 Å². The van der Waals surface area contributed by atoms with Gasteiger partial charge in [0.1, 0.15) is 11.6 Å². The van der Waals surface area contributed by atoms with Crippen LogP contribution >= 0.6 is 0 Å². The summed E-state index contributed by atoms with van der Waals surface area (Å²) in [5.74, 6) is -2.37. The smallest absolute Gasteiger partial charge is 0.254 e. The van der Waals surface area contributed by atoms with Crippen molar-refractivity contribution in [1.29, 1.82) is 0 Å². The van der Waals surface area contributed by atoms with Crippen molar-refractivity contribution in [2.24, 2.45) is 0 Å². The minimum atomic E-state index is -3.31. The molecule has 0 spiro atoms. The Morgan fingerprint density at radius 1 is 1.38 bits per heavy atom. The summed E-state index contributed by atoms with van der Waals surface area (Å²) in [5.41, 5.74) is -0.257. The quantitative estimate of drug-likeness (QED) is 0.908. The molecule has 1 heterocycles. The van der Waals surface area contributed by atoms with Crippen LogP contribution < -0.4 is 5.32 Å². The summed E-state index contributed by atoms with van der Waals surface area (Å²) in [4.78, 5) is 12.0. The fourth-order valence-electron chi connectivity index (χ4n) is 2.30. The van der Waals surface area contributed by atoms with Crippen LogP contribution in [0.2, 0.25) is 0 Å². The van der Waals surface area contributed by atoms with Crippen LogP contribution in [0.25, 0.3) is 0 Å². The molecule has 1 aromatic carbocycles. The maximum Gasteiger partial charge on any atom is 0.254 e. The van der Waals surface area contributed by atoms with E-state index < -0.39 is 27.6 Å². The molecule has 1 aliphatic heterocycles. The molecule has 21 heavy (non-hydrogen) atoms. The summed E-state index contributed by atoms with van der Waals surface area (Å²) in [5, 5.41) is 2.59. The normalized spacial score (nSPS) is 20.2. The molecule has 0 radical (unpaired) electrons. The average Bonchev–Trinajstić information content (AvgIpc) is 2.37. The summed E-state index contributed by atoms with van der Waals surface area (Å²) < 4.78 is 50.6. The lowest BCUT2D eigenvalue weighted by Crippen LogP contribution is -2.49. The fraction of sp³-hybridized carbons (Fsp3) is 0.462. The topological polar surface area (TPSA) is 66.5 Å². The molecule has 1 aromatic rings. The van der Waals surface area contributed by atoms with E-state index in [2.05, 4.69) is 5.32 Å². The first-order chi connectivity index (χ1) is 9.77. The van der Waals surface area contributed by atoms with E-state index in [1.54, 1.807) is 0 Å². The van der Waals surface area contributed by atoms with Crippen LogP contribution in [0.1, 0.15) is 23.2 Å². The molecule has 1 amide bonds. The van der Waals surface area contributed by atoms with E-state index >= 15 is 0 Å². The molecule has 0 aromatic heterocycles. The molecule has 1 unspecified atom stereocenters. The molecule has 5 nitrogen and oxygen atoms in total. The van der Waals surface area contributed by atoms with E-state index in [4.69, 9.17) is 0 Å². The number of sulfonamides is 1. The van der Waals surface area contributed by atoms with Crippen LogP contribution in [0.15, 0.2) is 18.2 Å². The second-order valence-electron chi connectivity index (χ2n) is 5.06. The molecule has 0 aliphatic carbocycles. The van der Waals surface area contributed by atoms with E-state index in [9.17, 15) is 22.0 Å². The van der Waals surface area contributed by atoms with Crippen molar-refractivity contribution in [2.75, 3.05) is 19.3 Å². The number of halogens is 2. The SMILES string of the molecule is CS(=O)(=O)N1CCCC(NC(=O)c2ccc(F)cc2F)C1. The van der Waals surface area contributed by atoms with Gasteiger partial charge in [-0.15, -0.1) is 0 Å². The second kappa shape index (κ2) is 6.07. The zero-order chi connectivity index (χ0) is 15.6. The van der Waals surface area contributed by atoms with Gasteiger partial charge in [-0.1, -0.05) is 0 Å². The lowest BCUT2D eigenvalue weighted by Gasteiger charge is -2.31. The number of benzene rings is 1. The van der Waals surface area contributed by atoms with Gasteiger partial charge < -0.3 is 5.32 Å². The highest BCUT2D eigenvalue weighted by Crippen LogP contribution is 2.15. The largest absolute Gasteiger partial charge is 0.348 e. The molecule has 116 valence electrons. The maximum atomic E-state index is 13.5. The monoisotopic (exact) mass is 318 g/mol. The lowest BCUT2D eigenvalue weighted by atomic mass is 10.1. The molecule has 2 rings (SSSR count). The highest BCUT2D eigenvalue weighted by molar-refractivity contribution is 7.88. The molecular weight excluding hydrogens is 302 g/mol. The summed E-state index contributed by atoms with van der Waals surface area (Å²) in [6.45, 7) is 0.573. The van der Waals surface area contributed by atoms with Crippen molar-refractivity contribution in [1.82, 2.24) is 9.62 Å². The predicted octanol–water partition coefficient (Wildman–Crippen LogP) is 1.12. The maximum absolute atomic E-state index is 13.5. The highest BCUT2D eigenvalue weighted by Gasteiger charge is 2.27. The van der Waals surface area contributed by atoms with Crippen molar-refractivity contribution in [3.05, 3.63) is 35.4 Å². The van der Waals surface area contributed by atoms with Crippen molar-refractivity contribution in [3.8, 4) is 0 Å². The Morgan fingerprint density at radius 2 is 2.10 bits per heavy atom. The van der Waals surface area contributed by atoms with Gasteiger partial charge in [-0.3, -0.25) is 4.79 Å². The average molecular weight is 318 g/mol. The van der Waals surface area contributed by atoms with E-state index in [1.807, 2.05) is 0 Å². The molecule has 1 saturated heterocycles. The van der Waals surface area contributed by atoms with Gasteiger partial charge in [0.2, 0.25) is 10.0 Å². The Morgan fingerprint density at radius 3 is 2.71 bits per heavy atom. The molecule has 0 saturated carbocycles. The molecule has 1 fully saturated rings. The second-order valence-corrected chi connectivity index (χ2v) is 7.04. The number of carbonyl (C=O) groups excluding carboxylic acids is 1.